The topological polar surface area (TPSA) is 78.4 Å². The Morgan fingerprint density at radius 1 is 1.19 bits per heavy atom. The lowest BCUT2D eigenvalue weighted by atomic mass is 10.1. The molecule has 7 heteroatoms. The van der Waals surface area contributed by atoms with E-state index in [4.69, 9.17) is 0 Å². The van der Waals surface area contributed by atoms with Gasteiger partial charge in [0.15, 0.2) is 5.96 Å². The summed E-state index contributed by atoms with van der Waals surface area (Å²) in [4.78, 5) is 20.9. The van der Waals surface area contributed by atoms with Gasteiger partial charge in [-0.2, -0.15) is 0 Å². The van der Waals surface area contributed by atoms with E-state index in [1.165, 1.54) is 0 Å². The molecule has 140 valence electrons. The van der Waals surface area contributed by atoms with Crippen LogP contribution in [-0.4, -0.2) is 35.5 Å². The molecular formula is C19H27N5OS. The third kappa shape index (κ3) is 6.84. The van der Waals surface area contributed by atoms with Gasteiger partial charge < -0.3 is 16.0 Å². The van der Waals surface area contributed by atoms with Crippen molar-refractivity contribution in [3.8, 4) is 11.3 Å². The van der Waals surface area contributed by atoms with E-state index < -0.39 is 0 Å². The third-order valence-electron chi connectivity index (χ3n) is 3.27. The molecule has 0 aliphatic carbocycles. The predicted molar refractivity (Wildman–Crippen MR) is 108 cm³/mol. The average Bonchev–Trinajstić information content (AvgIpc) is 3.05. The zero-order valence-corrected chi connectivity index (χ0v) is 16.6. The smallest absolute Gasteiger partial charge is 0.242 e. The largest absolute Gasteiger partial charge is 0.357 e. The first-order chi connectivity index (χ1) is 12.4. The second-order valence-corrected chi connectivity index (χ2v) is 7.78. The van der Waals surface area contributed by atoms with Crippen molar-refractivity contribution >= 4 is 23.2 Å². The molecule has 0 saturated carbocycles. The Morgan fingerprint density at radius 2 is 1.92 bits per heavy atom. The van der Waals surface area contributed by atoms with Crippen molar-refractivity contribution in [2.45, 2.75) is 39.8 Å². The summed E-state index contributed by atoms with van der Waals surface area (Å²) in [6.45, 7) is 9.20. The first-order valence-electron chi connectivity index (χ1n) is 8.70. The summed E-state index contributed by atoms with van der Waals surface area (Å²) < 4.78 is 0. The van der Waals surface area contributed by atoms with Crippen LogP contribution in [0.25, 0.3) is 11.3 Å². The maximum absolute atomic E-state index is 11.9. The van der Waals surface area contributed by atoms with E-state index in [2.05, 4.69) is 25.9 Å². The van der Waals surface area contributed by atoms with Crippen molar-refractivity contribution in [1.29, 1.82) is 0 Å². The number of nitrogens with one attached hydrogen (secondary N) is 3. The fourth-order valence-electron chi connectivity index (χ4n) is 2.24. The number of nitrogens with zero attached hydrogens (tertiary/aromatic N) is 2. The monoisotopic (exact) mass is 373 g/mol. The van der Waals surface area contributed by atoms with Gasteiger partial charge in [-0.15, -0.1) is 11.3 Å². The molecule has 0 fully saturated rings. The SMILES string of the molecule is CCNC(=NCC(=O)NC(C)(C)C)NCc1nc(-c2ccccc2)cs1. The van der Waals surface area contributed by atoms with E-state index in [0.717, 1.165) is 22.8 Å². The molecule has 0 unspecified atom stereocenters. The van der Waals surface area contributed by atoms with Gasteiger partial charge in [0.25, 0.3) is 0 Å². The van der Waals surface area contributed by atoms with Crippen LogP contribution in [0.3, 0.4) is 0 Å². The highest BCUT2D eigenvalue weighted by Crippen LogP contribution is 2.21. The van der Waals surface area contributed by atoms with Gasteiger partial charge >= 0.3 is 0 Å². The van der Waals surface area contributed by atoms with Crippen molar-refractivity contribution < 1.29 is 4.79 Å². The molecule has 0 spiro atoms. The highest BCUT2D eigenvalue weighted by Gasteiger charge is 2.13. The van der Waals surface area contributed by atoms with Gasteiger partial charge in [-0.05, 0) is 27.7 Å². The number of aliphatic imine (C=N–C) groups is 1. The number of rotatable bonds is 6. The molecule has 0 saturated heterocycles. The lowest BCUT2D eigenvalue weighted by Crippen LogP contribution is -2.43. The molecule has 1 amide bonds. The van der Waals surface area contributed by atoms with Crippen molar-refractivity contribution in [3.63, 3.8) is 0 Å². The van der Waals surface area contributed by atoms with Crippen LogP contribution >= 0.6 is 11.3 Å². The summed E-state index contributed by atoms with van der Waals surface area (Å²) in [7, 11) is 0. The first-order valence-corrected chi connectivity index (χ1v) is 9.58. The standard InChI is InChI=1S/C19H27N5OS/c1-5-20-18(21-11-16(25)24-19(2,3)4)22-12-17-23-15(13-26-17)14-9-7-6-8-10-14/h6-10,13H,5,11-12H2,1-4H3,(H,24,25)(H2,20,21,22). The van der Waals surface area contributed by atoms with E-state index in [1.807, 2.05) is 63.4 Å². The minimum absolute atomic E-state index is 0.0831. The maximum atomic E-state index is 11.9. The van der Waals surface area contributed by atoms with E-state index in [1.54, 1.807) is 11.3 Å². The number of benzene rings is 1. The number of amides is 1. The second-order valence-electron chi connectivity index (χ2n) is 6.84. The number of thiazole rings is 1. The summed E-state index contributed by atoms with van der Waals surface area (Å²) in [5.74, 6) is 0.503. The van der Waals surface area contributed by atoms with Crippen LogP contribution in [0.1, 0.15) is 32.7 Å². The first kappa shape index (κ1) is 19.9. The summed E-state index contributed by atoms with van der Waals surface area (Å²) in [6.07, 6.45) is 0. The molecule has 3 N–H and O–H groups in total. The number of hydrogen-bond donors (Lipinski definition) is 3. The van der Waals surface area contributed by atoms with Crippen LogP contribution in [0.4, 0.5) is 0 Å². The normalized spacial score (nSPS) is 11.9. The lowest BCUT2D eigenvalue weighted by Gasteiger charge is -2.20. The molecule has 0 bridgehead atoms. The van der Waals surface area contributed by atoms with E-state index in [0.29, 0.717) is 12.5 Å². The van der Waals surface area contributed by atoms with Crippen molar-refractivity contribution in [2.24, 2.45) is 4.99 Å². The Balaban J connectivity index is 1.93. The zero-order valence-electron chi connectivity index (χ0n) is 15.8. The Labute approximate surface area is 159 Å². The third-order valence-corrected chi connectivity index (χ3v) is 4.12. The molecule has 1 heterocycles. The van der Waals surface area contributed by atoms with Gasteiger partial charge in [0, 0.05) is 23.0 Å². The molecule has 0 atom stereocenters. The Kier molecular flexibility index (Phi) is 7.15. The fourth-order valence-corrected chi connectivity index (χ4v) is 2.99. The van der Waals surface area contributed by atoms with Crippen molar-refractivity contribution in [2.75, 3.05) is 13.1 Å². The molecule has 26 heavy (non-hydrogen) atoms. The second kappa shape index (κ2) is 9.33. The number of carbonyl (C=O) groups excluding carboxylic acids is 1. The van der Waals surface area contributed by atoms with Crippen LogP contribution in [0.2, 0.25) is 0 Å². The van der Waals surface area contributed by atoms with Gasteiger partial charge in [0.05, 0.1) is 12.2 Å². The molecule has 0 aliphatic heterocycles. The van der Waals surface area contributed by atoms with Crippen LogP contribution < -0.4 is 16.0 Å². The van der Waals surface area contributed by atoms with Gasteiger partial charge in [-0.3, -0.25) is 4.79 Å². The van der Waals surface area contributed by atoms with Gasteiger partial charge in [-0.1, -0.05) is 30.3 Å². The zero-order chi connectivity index (χ0) is 19.0. The Bertz CT molecular complexity index is 734. The van der Waals surface area contributed by atoms with Gasteiger partial charge in [0.1, 0.15) is 11.6 Å². The summed E-state index contributed by atoms with van der Waals surface area (Å²) >= 11 is 1.60. The number of carbonyl (C=O) groups is 1. The fraction of sp³-hybridized carbons (Fsp3) is 0.421. The number of hydrogen-bond acceptors (Lipinski definition) is 4. The number of guanidine groups is 1. The minimum Gasteiger partial charge on any atom is -0.357 e. The predicted octanol–water partition coefficient (Wildman–Crippen LogP) is 2.78. The van der Waals surface area contributed by atoms with Gasteiger partial charge in [0.2, 0.25) is 5.91 Å². The molecule has 2 rings (SSSR count). The summed E-state index contributed by atoms with van der Waals surface area (Å²) in [5.41, 5.74) is 1.82. The van der Waals surface area contributed by atoms with E-state index in [9.17, 15) is 4.79 Å². The quantitative estimate of drug-likeness (QED) is 0.537. The van der Waals surface area contributed by atoms with Gasteiger partial charge in [-0.25, -0.2) is 9.98 Å². The molecular weight excluding hydrogens is 346 g/mol. The molecule has 1 aromatic carbocycles. The average molecular weight is 374 g/mol. The molecule has 0 radical (unpaired) electrons. The summed E-state index contributed by atoms with van der Waals surface area (Å²) in [6, 6.07) is 10.1. The highest BCUT2D eigenvalue weighted by atomic mass is 32.1. The Hall–Kier alpha value is -2.41. The number of aromatic nitrogens is 1. The Morgan fingerprint density at radius 3 is 2.58 bits per heavy atom. The minimum atomic E-state index is -0.257. The molecule has 2 aromatic rings. The molecule has 0 aliphatic rings. The van der Waals surface area contributed by atoms with Crippen molar-refractivity contribution in [1.82, 2.24) is 20.9 Å². The lowest BCUT2D eigenvalue weighted by molar-refractivity contribution is -0.121. The molecule has 6 nitrogen and oxygen atoms in total. The molecule has 1 aromatic heterocycles. The summed E-state index contributed by atoms with van der Waals surface area (Å²) in [5, 5.41) is 12.3. The van der Waals surface area contributed by atoms with Crippen LogP contribution in [0, 0.1) is 0 Å². The van der Waals surface area contributed by atoms with Crippen LogP contribution in [0.5, 0.6) is 0 Å². The van der Waals surface area contributed by atoms with Crippen LogP contribution in [-0.2, 0) is 11.3 Å². The highest BCUT2D eigenvalue weighted by molar-refractivity contribution is 7.09. The van der Waals surface area contributed by atoms with E-state index in [-0.39, 0.29) is 18.0 Å². The van der Waals surface area contributed by atoms with Crippen LogP contribution in [0.15, 0.2) is 40.7 Å². The maximum Gasteiger partial charge on any atom is 0.242 e. The van der Waals surface area contributed by atoms with Crippen molar-refractivity contribution in [3.05, 3.63) is 40.7 Å². The van der Waals surface area contributed by atoms with E-state index >= 15 is 0 Å².